The predicted octanol–water partition coefficient (Wildman–Crippen LogP) is 3.86. The Bertz CT molecular complexity index is 1410. The van der Waals surface area contributed by atoms with Crippen molar-refractivity contribution in [2.75, 3.05) is 59.0 Å². The number of piperidine rings is 3. The fourth-order valence-corrected chi connectivity index (χ4v) is 9.61. The second-order valence-corrected chi connectivity index (χ2v) is 16.5. The van der Waals surface area contributed by atoms with E-state index in [1.54, 1.807) is 6.07 Å². The molecular weight excluding hydrogens is 656 g/mol. The van der Waals surface area contributed by atoms with Crippen molar-refractivity contribution < 1.29 is 24.5 Å². The number of fused-ring (bicyclic) bond motifs is 4. The smallest absolute Gasteiger partial charge is 0.302 e. The van der Waals surface area contributed by atoms with Crippen LogP contribution >= 0.6 is 0 Å². The molecule has 5 heterocycles. The molecule has 0 amide bonds. The molecule has 3 fully saturated rings. The number of aliphatic hydroxyl groups is 1. The van der Waals surface area contributed by atoms with Gasteiger partial charge in [0.25, 0.3) is 0 Å². The lowest BCUT2D eigenvalue weighted by atomic mass is 9.68. The van der Waals surface area contributed by atoms with E-state index >= 15 is 0 Å². The average molecular weight is 721 g/mol. The third-order valence-corrected chi connectivity index (χ3v) is 12.2. The zero-order valence-corrected chi connectivity index (χ0v) is 31.7. The molecule has 1 aromatic carbocycles. The number of unbranched alkanes of at least 4 members (excludes halogenated alkanes) is 2. The third kappa shape index (κ3) is 10.6. The summed E-state index contributed by atoms with van der Waals surface area (Å²) in [6.45, 7) is 12.0. The van der Waals surface area contributed by atoms with Crippen LogP contribution in [0.25, 0.3) is 0 Å². The minimum atomic E-state index is -0.659. The molecule has 11 heteroatoms. The van der Waals surface area contributed by atoms with E-state index in [1.807, 2.05) is 12.1 Å². The Hall–Kier alpha value is -3.04. The van der Waals surface area contributed by atoms with Crippen LogP contribution in [0.15, 0.2) is 23.2 Å². The molecule has 7 atom stereocenters. The van der Waals surface area contributed by atoms with E-state index in [9.17, 15) is 15.0 Å². The number of phenols is 1. The number of hydrogen-bond donors (Lipinski definition) is 5. The number of rotatable bonds is 9. The number of phenolic OH excluding ortho intramolecular Hbond substituents is 1. The van der Waals surface area contributed by atoms with Gasteiger partial charge in [-0.1, -0.05) is 38.2 Å². The number of carbonyl (C=O) groups excluding carboxylic acids is 1. The molecule has 0 unspecified atom stereocenters. The van der Waals surface area contributed by atoms with Crippen LogP contribution in [0.3, 0.4) is 0 Å². The van der Waals surface area contributed by atoms with Gasteiger partial charge >= 0.3 is 5.97 Å². The van der Waals surface area contributed by atoms with Crippen molar-refractivity contribution in [3.05, 3.63) is 23.8 Å². The fraction of sp³-hybridized carbons (Fsp3) is 0.756. The van der Waals surface area contributed by atoms with Gasteiger partial charge in [-0.2, -0.15) is 0 Å². The highest BCUT2D eigenvalue weighted by Gasteiger charge is 2.42. The number of carbonyl (C=O) groups is 1. The summed E-state index contributed by atoms with van der Waals surface area (Å²) in [4.78, 5) is 22.4. The molecule has 288 valence electrons. The van der Waals surface area contributed by atoms with Gasteiger partial charge < -0.3 is 41.0 Å². The molecule has 0 radical (unpaired) electrons. The highest BCUT2D eigenvalue weighted by Crippen LogP contribution is 2.41. The lowest BCUT2D eigenvalue weighted by molar-refractivity contribution is -0.151. The number of aliphatic imine (C=N–C) groups is 1. The van der Waals surface area contributed by atoms with Gasteiger partial charge in [0.2, 0.25) is 0 Å². The monoisotopic (exact) mass is 720 g/mol. The maximum Gasteiger partial charge on any atom is 0.302 e. The van der Waals surface area contributed by atoms with E-state index in [1.165, 1.54) is 19.8 Å². The van der Waals surface area contributed by atoms with Crippen LogP contribution in [0.1, 0.15) is 90.0 Å². The second-order valence-electron chi connectivity index (χ2n) is 16.5. The van der Waals surface area contributed by atoms with Gasteiger partial charge in [0.1, 0.15) is 12.2 Å². The molecule has 0 aromatic heterocycles. The van der Waals surface area contributed by atoms with E-state index in [0.717, 1.165) is 89.9 Å². The molecule has 1 aliphatic carbocycles. The molecular formula is C41H64N6O5. The molecule has 1 aromatic rings. The highest BCUT2D eigenvalue weighted by atomic mass is 16.5. The van der Waals surface area contributed by atoms with Crippen molar-refractivity contribution in [1.82, 2.24) is 20.4 Å². The van der Waals surface area contributed by atoms with Crippen molar-refractivity contribution in [3.8, 4) is 23.3 Å². The number of esters is 1. The van der Waals surface area contributed by atoms with E-state index in [2.05, 4.69) is 39.2 Å². The maximum absolute atomic E-state index is 12.4. The van der Waals surface area contributed by atoms with Crippen LogP contribution in [-0.4, -0.2) is 109 Å². The first-order valence-electron chi connectivity index (χ1n) is 20.2. The van der Waals surface area contributed by atoms with E-state index in [-0.39, 0.29) is 23.7 Å². The highest BCUT2D eigenvalue weighted by molar-refractivity contribution is 5.77. The average Bonchev–Trinajstić information content (AvgIpc) is 3.12. The summed E-state index contributed by atoms with van der Waals surface area (Å²) in [7, 11) is 0. The Morgan fingerprint density at radius 3 is 2.60 bits per heavy atom. The van der Waals surface area contributed by atoms with E-state index in [4.69, 9.17) is 20.2 Å². The van der Waals surface area contributed by atoms with Gasteiger partial charge in [-0.25, -0.2) is 4.99 Å². The van der Waals surface area contributed by atoms with Gasteiger partial charge in [0.05, 0.1) is 18.2 Å². The SMILES string of the molecule is CCCCC[C@H]1CN2C[C@@H]3C[C@H](CN(CN=C(N)NC[C@@]14C#CC[C@@H](Cc1ccc(O)c(OC5CCNCC5)c1)[C@@H](OC(C)=O)C[C@@H](O)CC4)C3)C2. The quantitative estimate of drug-likeness (QED) is 0.145. The molecule has 5 aliphatic heterocycles. The van der Waals surface area contributed by atoms with Crippen molar-refractivity contribution in [2.24, 2.45) is 39.8 Å². The Labute approximate surface area is 311 Å². The van der Waals surface area contributed by atoms with Crippen molar-refractivity contribution in [1.29, 1.82) is 0 Å². The second kappa shape index (κ2) is 18.3. The summed E-state index contributed by atoms with van der Waals surface area (Å²) in [6.07, 6.45) is 9.22. The number of nitrogens with two attached hydrogens (primary N) is 1. The molecule has 52 heavy (non-hydrogen) atoms. The van der Waals surface area contributed by atoms with Crippen LogP contribution in [0.5, 0.6) is 11.5 Å². The number of hydrogen-bond acceptors (Lipinski definition) is 11. The van der Waals surface area contributed by atoms with Gasteiger partial charge in [-0.15, -0.1) is 5.92 Å². The van der Waals surface area contributed by atoms with Crippen molar-refractivity contribution >= 4 is 11.9 Å². The topological polar surface area (TPSA) is 145 Å². The Balaban J connectivity index is 1.32. The van der Waals surface area contributed by atoms with Crippen LogP contribution in [0.2, 0.25) is 0 Å². The molecule has 11 nitrogen and oxygen atoms in total. The Morgan fingerprint density at radius 1 is 1.08 bits per heavy atom. The Kier molecular flexibility index (Phi) is 13.6. The number of ether oxygens (including phenoxy) is 2. The zero-order valence-electron chi connectivity index (χ0n) is 31.7. The van der Waals surface area contributed by atoms with Crippen LogP contribution in [0.4, 0.5) is 0 Å². The number of aromatic hydroxyl groups is 1. The molecule has 1 spiro atoms. The number of nitrogens with one attached hydrogen (secondary N) is 2. The summed E-state index contributed by atoms with van der Waals surface area (Å²) in [5.41, 5.74) is 7.11. The third-order valence-electron chi connectivity index (χ3n) is 12.2. The molecule has 4 bridgehead atoms. The number of guanidine groups is 1. The number of aliphatic hydroxyl groups excluding tert-OH is 1. The summed E-state index contributed by atoms with van der Waals surface area (Å²) < 4.78 is 12.2. The minimum Gasteiger partial charge on any atom is -0.504 e. The van der Waals surface area contributed by atoms with Crippen molar-refractivity contribution in [2.45, 2.75) is 109 Å². The van der Waals surface area contributed by atoms with Crippen LogP contribution < -0.4 is 21.1 Å². The minimum absolute atomic E-state index is 0.0503. The van der Waals surface area contributed by atoms with Crippen LogP contribution in [0, 0.1) is 40.9 Å². The molecule has 7 rings (SSSR count). The fourth-order valence-electron chi connectivity index (χ4n) is 9.61. The molecule has 6 N–H and O–H groups in total. The number of benzene rings is 1. The summed E-state index contributed by atoms with van der Waals surface area (Å²) >= 11 is 0. The standard InChI is InChI=1S/C41H64N6O5/c1-3-4-5-8-34-26-46-22-31-18-32(23-46)25-47(24-31)28-45-40(42)44-27-41(34)14-6-7-33(38(51-29(2)48)21-35(49)11-15-41)19-30-9-10-37(50)39(20-30)52-36-12-16-43-17-13-36/h9-10,20,31-36,38,43,49-50H,3-5,7-8,11-13,15-19,21-28H2,1-2H3,(H3,42,44,45)/t31-,32-,33-,34-,35-,38-,41-/m0/s1. The molecule has 0 saturated carbocycles. The van der Waals surface area contributed by atoms with Gasteiger partial charge in [-0.05, 0) is 93.5 Å². The summed E-state index contributed by atoms with van der Waals surface area (Å²) in [5.74, 6) is 9.67. The number of nitrogens with zero attached hydrogens (tertiary/aromatic N) is 3. The van der Waals surface area contributed by atoms with Crippen molar-refractivity contribution in [3.63, 3.8) is 0 Å². The van der Waals surface area contributed by atoms with Crippen LogP contribution in [-0.2, 0) is 16.0 Å². The first-order valence-corrected chi connectivity index (χ1v) is 20.2. The lowest BCUT2D eigenvalue weighted by Crippen LogP contribution is -2.54. The van der Waals surface area contributed by atoms with Gasteiger partial charge in [-0.3, -0.25) is 9.69 Å². The molecule has 3 saturated heterocycles. The maximum atomic E-state index is 12.4. The predicted molar refractivity (Wildman–Crippen MR) is 204 cm³/mol. The van der Waals surface area contributed by atoms with Gasteiger partial charge in [0.15, 0.2) is 17.5 Å². The lowest BCUT2D eigenvalue weighted by Gasteiger charge is -2.47. The van der Waals surface area contributed by atoms with Gasteiger partial charge in [0, 0.05) is 65.0 Å². The molecule has 6 aliphatic rings. The van der Waals surface area contributed by atoms with E-state index < -0.39 is 17.6 Å². The van der Waals surface area contributed by atoms with E-state index in [0.29, 0.717) is 68.4 Å². The largest absolute Gasteiger partial charge is 0.504 e. The summed E-state index contributed by atoms with van der Waals surface area (Å²) in [5, 5.41) is 29.3. The first kappa shape index (κ1) is 38.7. The first-order chi connectivity index (χ1) is 25.2. The normalized spacial score (nSPS) is 34.4. The summed E-state index contributed by atoms with van der Waals surface area (Å²) in [6, 6.07) is 5.53. The zero-order chi connectivity index (χ0) is 36.5. The Morgan fingerprint density at radius 2 is 1.85 bits per heavy atom.